The van der Waals surface area contributed by atoms with E-state index in [1.54, 1.807) is 24.0 Å². The predicted octanol–water partition coefficient (Wildman–Crippen LogP) is 1.93. The van der Waals surface area contributed by atoms with Gasteiger partial charge in [0.1, 0.15) is 11.9 Å². The van der Waals surface area contributed by atoms with Gasteiger partial charge in [-0.15, -0.1) is 0 Å². The van der Waals surface area contributed by atoms with Crippen molar-refractivity contribution in [2.24, 2.45) is 0 Å². The van der Waals surface area contributed by atoms with Crippen LogP contribution in [0.3, 0.4) is 0 Å². The topological polar surface area (TPSA) is 49.8 Å². The summed E-state index contributed by atoms with van der Waals surface area (Å²) in [5, 5.41) is 9.56. The second kappa shape index (κ2) is 7.00. The lowest BCUT2D eigenvalue weighted by atomic mass is 9.97. The number of aliphatic hydroxyl groups excluding tert-OH is 1. The fourth-order valence-corrected chi connectivity index (χ4v) is 2.49. The normalized spacial score (nSPS) is 21.9. The highest BCUT2D eigenvalue weighted by Crippen LogP contribution is 2.21. The van der Waals surface area contributed by atoms with Gasteiger partial charge in [0.05, 0.1) is 12.7 Å². The number of rotatable bonds is 4. The first kappa shape index (κ1) is 15.9. The molecule has 4 nitrogen and oxygen atoms in total. The van der Waals surface area contributed by atoms with Gasteiger partial charge < -0.3 is 14.7 Å². The van der Waals surface area contributed by atoms with Gasteiger partial charge in [0.15, 0.2) is 0 Å². The van der Waals surface area contributed by atoms with Crippen LogP contribution in [0, 0.1) is 5.82 Å². The zero-order valence-corrected chi connectivity index (χ0v) is 12.5. The Balaban J connectivity index is 1.92. The number of benzene rings is 1. The molecule has 0 unspecified atom stereocenters. The van der Waals surface area contributed by atoms with Gasteiger partial charge in [0.25, 0.3) is 0 Å². The highest BCUT2D eigenvalue weighted by atomic mass is 19.1. The van der Waals surface area contributed by atoms with Crippen LogP contribution in [-0.2, 0) is 9.53 Å². The number of halogens is 1. The highest BCUT2D eigenvalue weighted by molar-refractivity contribution is 5.77. The molecule has 2 rings (SSSR count). The predicted molar refractivity (Wildman–Crippen MR) is 77.4 cm³/mol. The number of ether oxygens (including phenoxy) is 1. The number of hydrogen-bond donors (Lipinski definition) is 1. The Kier molecular flexibility index (Phi) is 5.31. The molecule has 116 valence electrons. The lowest BCUT2D eigenvalue weighted by Crippen LogP contribution is -2.49. The summed E-state index contributed by atoms with van der Waals surface area (Å²) in [5.41, 5.74) is 0.949. The molecule has 3 atom stereocenters. The van der Waals surface area contributed by atoms with E-state index in [4.69, 9.17) is 4.74 Å². The fraction of sp³-hybridized carbons (Fsp3) is 0.562. The molecule has 1 N–H and O–H groups in total. The molecular formula is C16H22FNO3. The van der Waals surface area contributed by atoms with Crippen molar-refractivity contribution in [2.45, 2.75) is 38.4 Å². The lowest BCUT2D eigenvalue weighted by molar-refractivity contribution is -0.143. The van der Waals surface area contributed by atoms with E-state index in [0.717, 1.165) is 5.56 Å². The Labute approximate surface area is 124 Å². The Hall–Kier alpha value is -1.46. The maximum absolute atomic E-state index is 12.9. The number of aliphatic hydroxyl groups is 1. The van der Waals surface area contributed by atoms with Crippen molar-refractivity contribution < 1.29 is 19.0 Å². The summed E-state index contributed by atoms with van der Waals surface area (Å²) in [4.78, 5) is 14.1. The summed E-state index contributed by atoms with van der Waals surface area (Å²) >= 11 is 0. The van der Waals surface area contributed by atoms with Crippen molar-refractivity contribution in [1.82, 2.24) is 4.90 Å². The van der Waals surface area contributed by atoms with Crippen LogP contribution in [0.5, 0.6) is 0 Å². The van der Waals surface area contributed by atoms with Gasteiger partial charge in [-0.3, -0.25) is 4.79 Å². The molecule has 21 heavy (non-hydrogen) atoms. The van der Waals surface area contributed by atoms with E-state index in [1.807, 2.05) is 6.92 Å². The van der Waals surface area contributed by atoms with Gasteiger partial charge in [0, 0.05) is 19.5 Å². The van der Waals surface area contributed by atoms with Crippen LogP contribution in [0.15, 0.2) is 24.3 Å². The van der Waals surface area contributed by atoms with Crippen LogP contribution in [0.4, 0.5) is 4.39 Å². The first-order chi connectivity index (χ1) is 9.97. The molecule has 1 saturated heterocycles. The third kappa shape index (κ3) is 4.25. The number of amides is 1. The number of hydrogen-bond acceptors (Lipinski definition) is 3. The molecule has 1 aromatic carbocycles. The van der Waals surface area contributed by atoms with Gasteiger partial charge in [-0.1, -0.05) is 19.1 Å². The minimum Gasteiger partial charge on any atom is -0.391 e. The van der Waals surface area contributed by atoms with Crippen LogP contribution >= 0.6 is 0 Å². The summed E-state index contributed by atoms with van der Waals surface area (Å²) < 4.78 is 18.3. The summed E-state index contributed by atoms with van der Waals surface area (Å²) in [6.45, 7) is 5.05. The third-order valence-electron chi connectivity index (χ3n) is 3.90. The molecule has 0 bridgehead atoms. The zero-order chi connectivity index (χ0) is 15.4. The third-order valence-corrected chi connectivity index (χ3v) is 3.90. The zero-order valence-electron chi connectivity index (χ0n) is 12.5. The molecule has 0 spiro atoms. The molecule has 1 fully saturated rings. The maximum atomic E-state index is 12.9. The maximum Gasteiger partial charge on any atom is 0.223 e. The van der Waals surface area contributed by atoms with E-state index in [-0.39, 0.29) is 23.7 Å². The lowest BCUT2D eigenvalue weighted by Gasteiger charge is -2.34. The summed E-state index contributed by atoms with van der Waals surface area (Å²) in [5.74, 6) is -0.197. The molecule has 1 amide bonds. The van der Waals surface area contributed by atoms with Crippen molar-refractivity contribution in [2.75, 3.05) is 19.7 Å². The van der Waals surface area contributed by atoms with Gasteiger partial charge in [-0.05, 0) is 30.5 Å². The number of carbonyl (C=O) groups is 1. The van der Waals surface area contributed by atoms with E-state index < -0.39 is 6.10 Å². The summed E-state index contributed by atoms with van der Waals surface area (Å²) in [7, 11) is 0. The van der Waals surface area contributed by atoms with E-state index >= 15 is 0 Å². The Morgan fingerprint density at radius 3 is 2.71 bits per heavy atom. The van der Waals surface area contributed by atoms with Crippen LogP contribution in [0.25, 0.3) is 0 Å². The number of morpholine rings is 1. The minimum absolute atomic E-state index is 0.0333. The molecule has 5 heteroatoms. The van der Waals surface area contributed by atoms with Crippen molar-refractivity contribution in [3.63, 3.8) is 0 Å². The second-order valence-electron chi connectivity index (χ2n) is 5.65. The second-order valence-corrected chi connectivity index (χ2v) is 5.65. The van der Waals surface area contributed by atoms with Crippen molar-refractivity contribution in [3.05, 3.63) is 35.6 Å². The number of carbonyl (C=O) groups excluding carboxylic acids is 1. The summed E-state index contributed by atoms with van der Waals surface area (Å²) in [6.07, 6.45) is -0.531. The number of nitrogens with zero attached hydrogens (tertiary/aromatic N) is 1. The summed E-state index contributed by atoms with van der Waals surface area (Å²) in [6, 6.07) is 6.25. The monoisotopic (exact) mass is 295 g/mol. The molecule has 0 aliphatic carbocycles. The molecule has 0 saturated carbocycles. The van der Waals surface area contributed by atoms with Crippen LogP contribution in [0.1, 0.15) is 31.7 Å². The van der Waals surface area contributed by atoms with E-state index in [2.05, 4.69) is 0 Å². The molecule has 1 aliphatic heterocycles. The van der Waals surface area contributed by atoms with Gasteiger partial charge in [0.2, 0.25) is 5.91 Å². The van der Waals surface area contributed by atoms with Gasteiger partial charge >= 0.3 is 0 Å². The molecule has 1 aromatic rings. The van der Waals surface area contributed by atoms with E-state index in [9.17, 15) is 14.3 Å². The van der Waals surface area contributed by atoms with Crippen molar-refractivity contribution >= 4 is 5.91 Å². The Bertz CT molecular complexity index is 475. The van der Waals surface area contributed by atoms with Gasteiger partial charge in [-0.25, -0.2) is 4.39 Å². The van der Waals surface area contributed by atoms with Gasteiger partial charge in [-0.2, -0.15) is 0 Å². The van der Waals surface area contributed by atoms with Crippen molar-refractivity contribution in [3.8, 4) is 0 Å². The molecule has 0 aromatic heterocycles. The first-order valence-corrected chi connectivity index (χ1v) is 7.30. The quantitative estimate of drug-likeness (QED) is 0.923. The molecule has 0 radical (unpaired) electrons. The standard InChI is InChI=1S/C16H22FNO3/c1-11(13-3-5-14(17)6-4-13)9-16(20)18-7-8-21-15(10-18)12(2)19/h3-6,11-12,15,19H,7-10H2,1-2H3/t11-,12-,15+/m1/s1. The largest absolute Gasteiger partial charge is 0.391 e. The van der Waals surface area contributed by atoms with Crippen molar-refractivity contribution in [1.29, 1.82) is 0 Å². The molecule has 1 heterocycles. The Morgan fingerprint density at radius 1 is 1.43 bits per heavy atom. The molecule has 1 aliphatic rings. The average Bonchev–Trinajstić information content (AvgIpc) is 2.48. The fourth-order valence-electron chi connectivity index (χ4n) is 2.49. The SMILES string of the molecule is C[C@H](CC(=O)N1CCO[C@H]([C@@H](C)O)C1)c1ccc(F)cc1. The van der Waals surface area contributed by atoms with E-state index in [1.165, 1.54) is 12.1 Å². The molecular weight excluding hydrogens is 273 g/mol. The van der Waals surface area contributed by atoms with E-state index in [0.29, 0.717) is 26.1 Å². The van der Waals surface area contributed by atoms with Crippen LogP contribution in [0.2, 0.25) is 0 Å². The highest BCUT2D eigenvalue weighted by Gasteiger charge is 2.27. The van der Waals surface area contributed by atoms with Crippen LogP contribution in [-0.4, -0.2) is 47.8 Å². The Morgan fingerprint density at radius 2 is 2.10 bits per heavy atom. The average molecular weight is 295 g/mol. The minimum atomic E-state index is -0.588. The van der Waals surface area contributed by atoms with Crippen LogP contribution < -0.4 is 0 Å². The smallest absolute Gasteiger partial charge is 0.223 e. The first-order valence-electron chi connectivity index (χ1n) is 7.30.